The summed E-state index contributed by atoms with van der Waals surface area (Å²) in [5, 5.41) is 4.18. The molecule has 0 aliphatic carbocycles. The number of hydrogen-bond donors (Lipinski definition) is 1. The number of nitrogens with two attached hydrogens (primary N) is 1. The van der Waals surface area contributed by atoms with Gasteiger partial charge in [-0.25, -0.2) is 0 Å². The molecule has 1 heterocycles. The molecule has 0 radical (unpaired) electrons. The monoisotopic (exact) mass is 195 g/mol. The highest BCUT2D eigenvalue weighted by atomic mass is 15.3. The molecule has 1 aromatic rings. The summed E-state index contributed by atoms with van der Waals surface area (Å²) < 4.78 is 1.92. The lowest BCUT2D eigenvalue weighted by Gasteiger charge is -2.23. The fourth-order valence-corrected chi connectivity index (χ4v) is 1.91. The average molecular weight is 195 g/mol. The van der Waals surface area contributed by atoms with Crippen molar-refractivity contribution in [2.24, 2.45) is 11.3 Å². The first-order valence-electron chi connectivity index (χ1n) is 5.15. The normalized spacial score (nSPS) is 14.3. The minimum absolute atomic E-state index is 0.387. The molecular weight excluding hydrogens is 174 g/mol. The van der Waals surface area contributed by atoms with Crippen molar-refractivity contribution in [1.82, 2.24) is 9.78 Å². The van der Waals surface area contributed by atoms with Crippen molar-refractivity contribution in [2.75, 3.05) is 5.73 Å². The number of anilines is 1. The van der Waals surface area contributed by atoms with Gasteiger partial charge in [0.15, 0.2) is 0 Å². The first-order valence-corrected chi connectivity index (χ1v) is 5.15. The van der Waals surface area contributed by atoms with E-state index in [2.05, 4.69) is 32.8 Å². The fourth-order valence-electron chi connectivity index (χ4n) is 1.91. The zero-order valence-electron chi connectivity index (χ0n) is 9.62. The number of nitrogens with zero attached hydrogens (tertiary/aromatic N) is 2. The fraction of sp³-hybridized carbons (Fsp3) is 0.727. The predicted molar refractivity (Wildman–Crippen MR) is 59.9 cm³/mol. The van der Waals surface area contributed by atoms with Gasteiger partial charge < -0.3 is 5.73 Å². The number of hydrogen-bond acceptors (Lipinski definition) is 2. The molecule has 0 aliphatic rings. The molecule has 0 saturated carbocycles. The van der Waals surface area contributed by atoms with Crippen molar-refractivity contribution in [3.05, 3.63) is 12.4 Å². The average Bonchev–Trinajstić information content (AvgIpc) is 2.30. The molecule has 3 nitrogen and oxygen atoms in total. The van der Waals surface area contributed by atoms with Crippen LogP contribution < -0.4 is 5.73 Å². The minimum Gasteiger partial charge on any atom is -0.396 e. The highest BCUT2D eigenvalue weighted by molar-refractivity contribution is 5.30. The molecule has 0 aromatic carbocycles. The van der Waals surface area contributed by atoms with E-state index in [1.54, 1.807) is 6.20 Å². The molecule has 1 rings (SSSR count). The van der Waals surface area contributed by atoms with E-state index in [-0.39, 0.29) is 0 Å². The Bertz CT molecular complexity index is 283. The lowest BCUT2D eigenvalue weighted by Crippen LogP contribution is -2.16. The Morgan fingerprint density at radius 1 is 1.50 bits per heavy atom. The van der Waals surface area contributed by atoms with Crippen LogP contribution in [0.4, 0.5) is 5.69 Å². The van der Waals surface area contributed by atoms with E-state index >= 15 is 0 Å². The van der Waals surface area contributed by atoms with Crippen molar-refractivity contribution >= 4 is 5.69 Å². The third kappa shape index (κ3) is 3.81. The molecule has 1 aromatic heterocycles. The molecule has 0 spiro atoms. The van der Waals surface area contributed by atoms with Gasteiger partial charge in [0, 0.05) is 12.7 Å². The van der Waals surface area contributed by atoms with E-state index in [9.17, 15) is 0 Å². The maximum absolute atomic E-state index is 5.60. The number of rotatable bonds is 3. The van der Waals surface area contributed by atoms with Crippen molar-refractivity contribution < 1.29 is 0 Å². The zero-order chi connectivity index (χ0) is 10.8. The summed E-state index contributed by atoms with van der Waals surface area (Å²) in [6, 6.07) is 0. The van der Waals surface area contributed by atoms with Gasteiger partial charge in [0.1, 0.15) is 0 Å². The predicted octanol–water partition coefficient (Wildman–Crippen LogP) is 2.54. The van der Waals surface area contributed by atoms with Crippen molar-refractivity contribution in [1.29, 1.82) is 0 Å². The van der Waals surface area contributed by atoms with Crippen molar-refractivity contribution in [3.63, 3.8) is 0 Å². The molecule has 80 valence electrons. The van der Waals surface area contributed by atoms with Gasteiger partial charge in [-0.05, 0) is 17.8 Å². The van der Waals surface area contributed by atoms with Crippen LogP contribution >= 0.6 is 0 Å². The van der Waals surface area contributed by atoms with E-state index in [0.717, 1.165) is 12.2 Å². The minimum atomic E-state index is 0.387. The van der Waals surface area contributed by atoms with Crippen LogP contribution in [0.2, 0.25) is 0 Å². The Kier molecular flexibility index (Phi) is 3.19. The van der Waals surface area contributed by atoms with Crippen LogP contribution in [0.15, 0.2) is 12.4 Å². The highest BCUT2D eigenvalue weighted by Crippen LogP contribution is 2.24. The Hall–Kier alpha value is -0.990. The Morgan fingerprint density at radius 2 is 2.14 bits per heavy atom. The van der Waals surface area contributed by atoms with E-state index in [1.165, 1.54) is 6.42 Å². The summed E-state index contributed by atoms with van der Waals surface area (Å²) in [4.78, 5) is 0. The van der Waals surface area contributed by atoms with E-state index in [0.29, 0.717) is 11.3 Å². The number of nitrogen functional groups attached to an aromatic ring is 1. The van der Waals surface area contributed by atoms with Gasteiger partial charge in [0.2, 0.25) is 0 Å². The van der Waals surface area contributed by atoms with Crippen LogP contribution in [0.1, 0.15) is 34.1 Å². The van der Waals surface area contributed by atoms with Gasteiger partial charge in [-0.3, -0.25) is 4.68 Å². The summed E-state index contributed by atoms with van der Waals surface area (Å²) in [6.45, 7) is 10.0. The van der Waals surface area contributed by atoms with Crippen LogP contribution in [-0.4, -0.2) is 9.78 Å². The van der Waals surface area contributed by atoms with Gasteiger partial charge in [-0.2, -0.15) is 5.10 Å². The summed E-state index contributed by atoms with van der Waals surface area (Å²) in [6.07, 6.45) is 4.79. The third-order valence-corrected chi connectivity index (χ3v) is 2.11. The van der Waals surface area contributed by atoms with Gasteiger partial charge in [-0.15, -0.1) is 0 Å². The SMILES string of the molecule is CC(Cn1cc(N)cn1)CC(C)(C)C. The van der Waals surface area contributed by atoms with Gasteiger partial charge >= 0.3 is 0 Å². The second kappa shape index (κ2) is 4.03. The highest BCUT2D eigenvalue weighted by Gasteiger charge is 2.15. The molecule has 14 heavy (non-hydrogen) atoms. The van der Waals surface area contributed by atoms with Crippen LogP contribution in [0.5, 0.6) is 0 Å². The summed E-state index contributed by atoms with van der Waals surface area (Å²) in [5.74, 6) is 0.634. The van der Waals surface area contributed by atoms with E-state index < -0.39 is 0 Å². The largest absolute Gasteiger partial charge is 0.396 e. The molecule has 0 aliphatic heterocycles. The van der Waals surface area contributed by atoms with E-state index in [4.69, 9.17) is 5.73 Å². The maximum atomic E-state index is 5.60. The van der Waals surface area contributed by atoms with E-state index in [1.807, 2.05) is 10.9 Å². The molecule has 0 fully saturated rings. The standard InChI is InChI=1S/C11H21N3/c1-9(5-11(2,3)4)7-14-8-10(12)6-13-14/h6,8-9H,5,7,12H2,1-4H3. The lowest BCUT2D eigenvalue weighted by atomic mass is 9.85. The lowest BCUT2D eigenvalue weighted by molar-refractivity contribution is 0.280. The molecule has 0 saturated heterocycles. The van der Waals surface area contributed by atoms with Crippen molar-refractivity contribution in [2.45, 2.75) is 40.7 Å². The zero-order valence-corrected chi connectivity index (χ0v) is 9.62. The third-order valence-electron chi connectivity index (χ3n) is 2.11. The summed E-state index contributed by atoms with van der Waals surface area (Å²) >= 11 is 0. The van der Waals surface area contributed by atoms with Crippen LogP contribution in [0, 0.1) is 11.3 Å². The number of aromatic nitrogens is 2. The second-order valence-electron chi connectivity index (χ2n) is 5.37. The van der Waals surface area contributed by atoms with Gasteiger partial charge in [-0.1, -0.05) is 27.7 Å². The van der Waals surface area contributed by atoms with Gasteiger partial charge in [0.05, 0.1) is 11.9 Å². The second-order valence-corrected chi connectivity index (χ2v) is 5.37. The molecule has 0 amide bonds. The van der Waals surface area contributed by atoms with Crippen LogP contribution in [0.3, 0.4) is 0 Å². The molecule has 1 atom stereocenters. The molecule has 2 N–H and O–H groups in total. The molecule has 1 unspecified atom stereocenters. The molecule has 0 bridgehead atoms. The topological polar surface area (TPSA) is 43.8 Å². The van der Waals surface area contributed by atoms with Crippen molar-refractivity contribution in [3.8, 4) is 0 Å². The van der Waals surface area contributed by atoms with Crippen LogP contribution in [0.25, 0.3) is 0 Å². The first-order chi connectivity index (χ1) is 6.37. The molecule has 3 heteroatoms. The Balaban J connectivity index is 2.45. The Morgan fingerprint density at radius 3 is 2.57 bits per heavy atom. The smallest absolute Gasteiger partial charge is 0.0719 e. The Labute approximate surface area is 86.3 Å². The van der Waals surface area contributed by atoms with Gasteiger partial charge in [0.25, 0.3) is 0 Å². The summed E-state index contributed by atoms with van der Waals surface area (Å²) in [5.41, 5.74) is 6.73. The molecular formula is C11H21N3. The first kappa shape index (κ1) is 11.1. The van der Waals surface area contributed by atoms with Crippen LogP contribution in [-0.2, 0) is 6.54 Å². The quantitative estimate of drug-likeness (QED) is 0.805. The maximum Gasteiger partial charge on any atom is 0.0719 e. The summed E-state index contributed by atoms with van der Waals surface area (Å²) in [7, 11) is 0.